The summed E-state index contributed by atoms with van der Waals surface area (Å²) in [5.41, 5.74) is 0.595. The van der Waals surface area contributed by atoms with Gasteiger partial charge in [0, 0.05) is 0 Å². The van der Waals surface area contributed by atoms with Gasteiger partial charge in [0.15, 0.2) is 10.8 Å². The van der Waals surface area contributed by atoms with Gasteiger partial charge in [-0.1, -0.05) is 35.9 Å². The minimum absolute atomic E-state index is 0.0293. The Bertz CT molecular complexity index is 836. The maximum absolute atomic E-state index is 12.4. The molecular weight excluding hydrogens is 347 g/mol. The molecule has 0 aliphatic heterocycles. The van der Waals surface area contributed by atoms with Gasteiger partial charge in [-0.05, 0) is 31.9 Å². The lowest BCUT2D eigenvalue weighted by molar-refractivity contribution is 0.106. The third kappa shape index (κ3) is 5.28. The van der Waals surface area contributed by atoms with Gasteiger partial charge >= 0.3 is 0 Å². The van der Waals surface area contributed by atoms with Gasteiger partial charge in [-0.3, -0.25) is 4.79 Å². The first-order valence-electron chi connectivity index (χ1n) is 8.72. The predicted octanol–water partition coefficient (Wildman–Crippen LogP) is 3.72. The Hall–Kier alpha value is -1.92. The van der Waals surface area contributed by atoms with Crippen molar-refractivity contribution in [3.05, 3.63) is 57.0 Å². The smallest absolute Gasteiger partial charge is 0.289 e. The minimum atomic E-state index is -2.29. The van der Waals surface area contributed by atoms with Gasteiger partial charge in [0.1, 0.15) is 13.3 Å². The molecule has 0 N–H and O–H groups in total. The zero-order valence-corrected chi connectivity index (χ0v) is 15.1. The summed E-state index contributed by atoms with van der Waals surface area (Å²) in [5, 5.41) is 4.07. The van der Waals surface area contributed by atoms with Crippen LogP contribution in [0.3, 0.4) is 0 Å². The average molecular weight is 371 g/mol. The largest absolute Gasteiger partial charge is 0.485 e. The molecule has 0 fully saturated rings. The molecule has 0 atom stereocenters. The summed E-state index contributed by atoms with van der Waals surface area (Å²) in [7, 11) is 0. The lowest BCUT2D eigenvalue weighted by Gasteiger charge is -2.21. The average Bonchev–Trinajstić information content (AvgIpc) is 2.61. The lowest BCUT2D eigenvalue weighted by Crippen LogP contribution is -2.36. The number of nitrogens with zero attached hydrogens (tertiary/aromatic N) is 2. The fraction of sp³-hybridized carbons (Fsp3) is 0.444. The highest BCUT2D eigenvalue weighted by Crippen LogP contribution is 2.21. The first kappa shape index (κ1) is 16.5. The third-order valence-electron chi connectivity index (χ3n) is 3.34. The van der Waals surface area contributed by atoms with Crippen molar-refractivity contribution in [1.82, 2.24) is 9.78 Å². The molecule has 0 bridgehead atoms. The second kappa shape index (κ2) is 8.45. The Morgan fingerprint density at radius 1 is 1.24 bits per heavy atom. The quantitative estimate of drug-likeness (QED) is 0.745. The predicted molar refractivity (Wildman–Crippen MR) is 94.9 cm³/mol. The molecule has 1 heterocycles. The lowest BCUT2D eigenvalue weighted by atomic mass is 10.1. The molecule has 5 nitrogen and oxygen atoms in total. The second-order valence-electron chi connectivity index (χ2n) is 6.38. The molecule has 0 aliphatic rings. The van der Waals surface area contributed by atoms with Crippen LogP contribution in [0.1, 0.15) is 34.6 Å². The Morgan fingerprint density at radius 2 is 1.84 bits per heavy atom. The molecule has 0 spiro atoms. The molecule has 2 rings (SSSR count). The van der Waals surface area contributed by atoms with Gasteiger partial charge in [0.05, 0.1) is 27.6 Å². The molecule has 25 heavy (non-hydrogen) atoms. The third-order valence-corrected chi connectivity index (χ3v) is 3.68. The maximum Gasteiger partial charge on any atom is 0.289 e. The van der Waals surface area contributed by atoms with Crippen molar-refractivity contribution < 1.29 is 16.6 Å². The van der Waals surface area contributed by atoms with Crippen molar-refractivity contribution in [1.29, 1.82) is 0 Å². The molecule has 2 aromatic rings. The van der Waals surface area contributed by atoms with E-state index in [0.29, 0.717) is 5.56 Å². The van der Waals surface area contributed by atoms with Crippen LogP contribution in [-0.2, 0) is 23.5 Å². The Balaban J connectivity index is 2.01. The zero-order valence-electron chi connectivity index (χ0n) is 16.4. The van der Waals surface area contributed by atoms with Crippen LogP contribution in [0.4, 0.5) is 4.39 Å². The molecule has 7 heteroatoms. The highest BCUT2D eigenvalue weighted by Gasteiger charge is 2.19. The van der Waals surface area contributed by atoms with Crippen molar-refractivity contribution in [2.45, 2.75) is 39.5 Å². The van der Waals surface area contributed by atoms with E-state index in [9.17, 15) is 9.18 Å². The van der Waals surface area contributed by atoms with Crippen molar-refractivity contribution in [3.63, 3.8) is 0 Å². The summed E-state index contributed by atoms with van der Waals surface area (Å²) in [6.07, 6.45) is 1.41. The number of rotatable bonds is 7. The monoisotopic (exact) mass is 370 g/mol. The van der Waals surface area contributed by atoms with E-state index in [1.54, 1.807) is 24.3 Å². The molecule has 136 valence electrons. The van der Waals surface area contributed by atoms with E-state index in [-0.39, 0.29) is 24.0 Å². The van der Waals surface area contributed by atoms with Crippen molar-refractivity contribution in [3.8, 4) is 5.75 Å². The molecule has 0 amide bonds. The summed E-state index contributed by atoms with van der Waals surface area (Å²) in [5.74, 6) is 0.200. The fourth-order valence-electron chi connectivity index (χ4n) is 2.06. The molecule has 0 radical (unpaired) electrons. The molecule has 0 unspecified atom stereocenters. The number of halogens is 2. The molecule has 0 saturated heterocycles. The molecule has 1 aromatic heterocycles. The van der Waals surface area contributed by atoms with Crippen LogP contribution in [-0.4, -0.2) is 23.0 Å². The van der Waals surface area contributed by atoms with E-state index >= 15 is 0 Å². The van der Waals surface area contributed by atoms with Gasteiger partial charge in [-0.25, -0.2) is 9.07 Å². The van der Waals surface area contributed by atoms with Crippen LogP contribution in [0.15, 0.2) is 35.3 Å². The summed E-state index contributed by atoms with van der Waals surface area (Å²) >= 11 is 6.11. The highest BCUT2D eigenvalue weighted by molar-refractivity contribution is 6.31. The second-order valence-corrected chi connectivity index (χ2v) is 6.76. The first-order valence-corrected chi connectivity index (χ1v) is 8.10. The van der Waals surface area contributed by atoms with Crippen molar-refractivity contribution >= 4 is 11.6 Å². The van der Waals surface area contributed by atoms with Crippen LogP contribution in [0.25, 0.3) is 0 Å². The number of benzene rings is 1. The van der Waals surface area contributed by atoms with E-state index < -0.39 is 24.3 Å². The fourth-order valence-corrected chi connectivity index (χ4v) is 2.25. The van der Waals surface area contributed by atoms with E-state index in [1.165, 1.54) is 10.9 Å². The van der Waals surface area contributed by atoms with Gasteiger partial charge in [0.2, 0.25) is 0 Å². The van der Waals surface area contributed by atoms with Gasteiger partial charge in [-0.15, -0.1) is 0 Å². The van der Waals surface area contributed by atoms with Crippen LogP contribution in [0, 0.1) is 0 Å². The van der Waals surface area contributed by atoms with Crippen LogP contribution in [0.2, 0.25) is 5.02 Å². The Labute approximate surface area is 154 Å². The van der Waals surface area contributed by atoms with Crippen molar-refractivity contribution in [2.24, 2.45) is 0 Å². The van der Waals surface area contributed by atoms with E-state index in [4.69, 9.17) is 23.8 Å². The SMILES string of the molecule is [2H]C([2H])(CF)OCc1ccc(COc2cnn(C(C)(C)C)c(=O)c2Cl)cc1. The van der Waals surface area contributed by atoms with Crippen molar-refractivity contribution in [2.75, 3.05) is 13.2 Å². The molecule has 0 saturated carbocycles. The summed E-state index contributed by atoms with van der Waals surface area (Å²) in [6, 6.07) is 6.98. The van der Waals surface area contributed by atoms with E-state index in [2.05, 4.69) is 5.10 Å². The van der Waals surface area contributed by atoms with Gasteiger partial charge < -0.3 is 9.47 Å². The number of hydrogen-bond acceptors (Lipinski definition) is 4. The number of hydrogen-bond donors (Lipinski definition) is 0. The summed E-state index contributed by atoms with van der Waals surface area (Å²) in [4.78, 5) is 12.3. The molecular formula is C18H22ClFN2O3. The molecule has 1 aromatic carbocycles. The minimum Gasteiger partial charge on any atom is -0.485 e. The Kier molecular flexibility index (Phi) is 5.59. The number of ether oxygens (including phenoxy) is 2. The first-order chi connectivity index (χ1) is 12.5. The maximum atomic E-state index is 12.4. The van der Waals surface area contributed by atoms with Crippen LogP contribution in [0.5, 0.6) is 5.75 Å². The zero-order chi connectivity index (χ0) is 20.2. The number of alkyl halides is 1. The summed E-state index contributed by atoms with van der Waals surface area (Å²) in [6.45, 7) is 2.18. The van der Waals surface area contributed by atoms with E-state index in [1.807, 2.05) is 20.8 Å². The van der Waals surface area contributed by atoms with Gasteiger partial charge in [-0.2, -0.15) is 5.10 Å². The standard InChI is InChI=1S/C18H22ClFN2O3/c1-18(2,3)22-17(23)16(19)15(10-21-22)25-12-14-6-4-13(5-7-14)11-24-9-8-20/h4-7,10H,8-9,11-12H2,1-3H3/i9D2. The van der Waals surface area contributed by atoms with Crippen LogP contribution < -0.4 is 10.3 Å². The number of aromatic nitrogens is 2. The van der Waals surface area contributed by atoms with E-state index in [0.717, 1.165) is 5.56 Å². The van der Waals surface area contributed by atoms with Gasteiger partial charge in [0.25, 0.3) is 5.56 Å². The van der Waals surface area contributed by atoms with Crippen LogP contribution >= 0.6 is 11.6 Å². The highest BCUT2D eigenvalue weighted by atomic mass is 35.5. The Morgan fingerprint density at radius 3 is 2.40 bits per heavy atom. The summed E-state index contributed by atoms with van der Waals surface area (Å²) < 4.78 is 38.6. The normalized spacial score (nSPS) is 13.3. The molecule has 0 aliphatic carbocycles. The topological polar surface area (TPSA) is 53.4 Å².